The Morgan fingerprint density at radius 3 is 2.24 bits per heavy atom. The number of carbonyl (C=O) groups is 4. The first-order chi connectivity index (χ1) is 16.2. The number of halogens is 1. The number of rotatable bonds is 9. The van der Waals surface area contributed by atoms with E-state index in [9.17, 15) is 19.2 Å². The molecule has 9 heteroatoms. The fourth-order valence-corrected chi connectivity index (χ4v) is 4.53. The van der Waals surface area contributed by atoms with Gasteiger partial charge < -0.3 is 15.4 Å². The second-order valence-electron chi connectivity index (χ2n) is 7.32. The molecule has 3 rings (SSSR count). The number of carbonyl (C=O) groups excluding carboxylic acids is 4. The van der Waals surface area contributed by atoms with E-state index >= 15 is 0 Å². The topological polar surface area (TPSA) is 102 Å². The van der Waals surface area contributed by atoms with Crippen LogP contribution in [0.3, 0.4) is 0 Å². The molecule has 7 nitrogen and oxygen atoms in total. The minimum absolute atomic E-state index is 0.142. The molecule has 1 amide bonds. The number of hydrogen-bond acceptors (Lipinski definition) is 7. The molecule has 0 saturated carbocycles. The van der Waals surface area contributed by atoms with Gasteiger partial charge in [-0.05, 0) is 50.6 Å². The van der Waals surface area contributed by atoms with E-state index in [4.69, 9.17) is 16.3 Å². The van der Waals surface area contributed by atoms with Gasteiger partial charge in [-0.1, -0.05) is 41.9 Å². The first-order valence-corrected chi connectivity index (χ1v) is 11.7. The first kappa shape index (κ1) is 25.1. The van der Waals surface area contributed by atoms with E-state index in [1.807, 2.05) is 0 Å². The van der Waals surface area contributed by atoms with Crippen molar-refractivity contribution in [1.82, 2.24) is 5.32 Å². The lowest BCUT2D eigenvalue weighted by Gasteiger charge is -2.20. The van der Waals surface area contributed by atoms with Crippen LogP contribution in [0.25, 0.3) is 0 Å². The van der Waals surface area contributed by atoms with Gasteiger partial charge in [0.15, 0.2) is 11.9 Å². The standard InChI is InChI=1S/C25H23ClN2O5S/c1-4-33-25(32)19-14(2)21(15(3)29)34-24(19)28-22(20(30)16-8-6-5-7-9-16)27-23(31)17-10-12-18(26)13-11-17/h5-13,22,28H,4H2,1-3H3,(H,27,31)/t22-/m1/s1. The van der Waals surface area contributed by atoms with Crippen molar-refractivity contribution in [1.29, 1.82) is 0 Å². The van der Waals surface area contributed by atoms with Gasteiger partial charge in [0.05, 0.1) is 17.0 Å². The highest BCUT2D eigenvalue weighted by molar-refractivity contribution is 7.18. The zero-order valence-corrected chi connectivity index (χ0v) is 20.4. The number of ether oxygens (including phenoxy) is 1. The van der Waals surface area contributed by atoms with E-state index in [-0.39, 0.29) is 23.0 Å². The number of nitrogens with one attached hydrogen (secondary N) is 2. The predicted octanol–water partition coefficient (Wildman–Crippen LogP) is 5.14. The second kappa shape index (κ2) is 11.1. The van der Waals surface area contributed by atoms with Crippen molar-refractivity contribution >= 4 is 51.4 Å². The quantitative estimate of drug-likeness (QED) is 0.240. The van der Waals surface area contributed by atoms with Gasteiger partial charge in [0.25, 0.3) is 5.91 Å². The summed E-state index contributed by atoms with van der Waals surface area (Å²) in [4.78, 5) is 51.4. The first-order valence-electron chi connectivity index (χ1n) is 10.5. The van der Waals surface area contributed by atoms with E-state index < -0.39 is 23.8 Å². The third-order valence-electron chi connectivity index (χ3n) is 4.92. The van der Waals surface area contributed by atoms with Crippen molar-refractivity contribution in [2.24, 2.45) is 0 Å². The van der Waals surface area contributed by atoms with E-state index in [0.717, 1.165) is 11.3 Å². The number of amides is 1. The lowest BCUT2D eigenvalue weighted by molar-refractivity contribution is 0.0526. The van der Waals surface area contributed by atoms with Crippen LogP contribution in [-0.4, -0.2) is 36.2 Å². The van der Waals surface area contributed by atoms with E-state index in [0.29, 0.717) is 26.6 Å². The SMILES string of the molecule is CCOC(=O)c1c(N[C@@H](NC(=O)c2ccc(Cl)cc2)C(=O)c2ccccc2)sc(C(C)=O)c1C. The third-order valence-corrected chi connectivity index (χ3v) is 6.50. The molecule has 0 aliphatic carbocycles. The number of anilines is 1. The summed E-state index contributed by atoms with van der Waals surface area (Å²) < 4.78 is 5.16. The Balaban J connectivity index is 2.01. The van der Waals surface area contributed by atoms with Gasteiger partial charge >= 0.3 is 5.97 Å². The van der Waals surface area contributed by atoms with Crippen LogP contribution in [0.1, 0.15) is 60.2 Å². The smallest absolute Gasteiger partial charge is 0.341 e. The highest BCUT2D eigenvalue weighted by Gasteiger charge is 2.29. The van der Waals surface area contributed by atoms with E-state index in [1.165, 1.54) is 19.1 Å². The lowest BCUT2D eigenvalue weighted by atomic mass is 10.1. The van der Waals surface area contributed by atoms with E-state index in [2.05, 4.69) is 10.6 Å². The Morgan fingerprint density at radius 1 is 1.00 bits per heavy atom. The van der Waals surface area contributed by atoms with Crippen LogP contribution in [0.15, 0.2) is 54.6 Å². The van der Waals surface area contributed by atoms with Crippen LogP contribution in [0.2, 0.25) is 5.02 Å². The van der Waals surface area contributed by atoms with Crippen LogP contribution >= 0.6 is 22.9 Å². The molecule has 0 unspecified atom stereocenters. The number of hydrogen-bond donors (Lipinski definition) is 2. The van der Waals surface area contributed by atoms with Crippen LogP contribution < -0.4 is 10.6 Å². The molecule has 1 heterocycles. The molecule has 0 aliphatic heterocycles. The molecule has 1 aromatic heterocycles. The summed E-state index contributed by atoms with van der Waals surface area (Å²) in [6, 6.07) is 14.6. The van der Waals surface area contributed by atoms with Gasteiger partial charge in [-0.25, -0.2) is 4.79 Å². The number of Topliss-reactive ketones (excluding diaryl/α,β-unsaturated/α-hetero) is 2. The Kier molecular flexibility index (Phi) is 8.20. The summed E-state index contributed by atoms with van der Waals surface area (Å²) in [5, 5.41) is 6.38. The van der Waals surface area contributed by atoms with Crippen molar-refractivity contribution in [3.63, 3.8) is 0 Å². The fraction of sp³-hybridized carbons (Fsp3) is 0.200. The van der Waals surface area contributed by atoms with Crippen molar-refractivity contribution in [3.8, 4) is 0 Å². The van der Waals surface area contributed by atoms with Crippen molar-refractivity contribution in [2.75, 3.05) is 11.9 Å². The zero-order valence-electron chi connectivity index (χ0n) is 18.8. The number of esters is 1. The Hall–Kier alpha value is -3.49. The van der Waals surface area contributed by atoms with Crippen LogP contribution in [0.4, 0.5) is 5.00 Å². The van der Waals surface area contributed by atoms with Crippen molar-refractivity contribution < 1.29 is 23.9 Å². The molecular formula is C25H23ClN2O5S. The Morgan fingerprint density at radius 2 is 1.65 bits per heavy atom. The van der Waals surface area contributed by atoms with Crippen LogP contribution in [0, 0.1) is 6.92 Å². The molecule has 1 atom stereocenters. The number of ketones is 2. The summed E-state index contributed by atoms with van der Waals surface area (Å²) in [6.07, 6.45) is -1.23. The zero-order chi connectivity index (χ0) is 24.8. The maximum absolute atomic E-state index is 13.3. The average molecular weight is 499 g/mol. The molecule has 34 heavy (non-hydrogen) atoms. The molecule has 0 bridgehead atoms. The van der Waals surface area contributed by atoms with Gasteiger partial charge in [-0.3, -0.25) is 14.4 Å². The molecule has 0 saturated heterocycles. The lowest BCUT2D eigenvalue weighted by Crippen LogP contribution is -2.46. The summed E-state index contributed by atoms with van der Waals surface area (Å²) in [5.41, 5.74) is 1.26. The molecule has 0 aliphatic rings. The molecule has 0 spiro atoms. The fourth-order valence-electron chi connectivity index (χ4n) is 3.28. The van der Waals surface area contributed by atoms with E-state index in [1.54, 1.807) is 56.3 Å². The van der Waals surface area contributed by atoms with Gasteiger partial charge in [-0.15, -0.1) is 11.3 Å². The number of thiophene rings is 1. The minimum Gasteiger partial charge on any atom is -0.462 e. The van der Waals surface area contributed by atoms with Crippen molar-refractivity contribution in [3.05, 3.63) is 86.8 Å². The predicted molar refractivity (Wildman–Crippen MR) is 132 cm³/mol. The molecule has 176 valence electrons. The molecule has 3 aromatic rings. The van der Waals surface area contributed by atoms with Gasteiger partial charge in [0.2, 0.25) is 5.78 Å². The summed E-state index contributed by atoms with van der Waals surface area (Å²) in [7, 11) is 0. The van der Waals surface area contributed by atoms with Gasteiger partial charge in [0.1, 0.15) is 5.00 Å². The highest BCUT2D eigenvalue weighted by atomic mass is 35.5. The Bertz CT molecular complexity index is 1220. The Labute approximate surface area is 206 Å². The van der Waals surface area contributed by atoms with Crippen LogP contribution in [-0.2, 0) is 4.74 Å². The van der Waals surface area contributed by atoms with Gasteiger partial charge in [0, 0.05) is 16.1 Å². The minimum atomic E-state index is -1.23. The van der Waals surface area contributed by atoms with Gasteiger partial charge in [-0.2, -0.15) is 0 Å². The largest absolute Gasteiger partial charge is 0.462 e. The molecule has 0 radical (unpaired) electrons. The third kappa shape index (κ3) is 5.70. The average Bonchev–Trinajstić information content (AvgIpc) is 3.15. The maximum atomic E-state index is 13.3. The molecule has 2 aromatic carbocycles. The number of benzene rings is 2. The van der Waals surface area contributed by atoms with Crippen LogP contribution in [0.5, 0.6) is 0 Å². The molecule has 2 N–H and O–H groups in total. The molecule has 0 fully saturated rings. The summed E-state index contributed by atoms with van der Waals surface area (Å²) in [5.74, 6) is -1.79. The monoisotopic (exact) mass is 498 g/mol. The summed E-state index contributed by atoms with van der Waals surface area (Å²) in [6.45, 7) is 4.85. The summed E-state index contributed by atoms with van der Waals surface area (Å²) >= 11 is 6.94. The second-order valence-corrected chi connectivity index (χ2v) is 8.78. The normalized spacial score (nSPS) is 11.4. The highest BCUT2D eigenvalue weighted by Crippen LogP contribution is 2.34. The molecular weight excluding hydrogens is 476 g/mol. The maximum Gasteiger partial charge on any atom is 0.341 e. The van der Waals surface area contributed by atoms with Crippen molar-refractivity contribution in [2.45, 2.75) is 26.9 Å².